The number of hydrogen-bond acceptors (Lipinski definition) is 1. The van der Waals surface area contributed by atoms with Crippen molar-refractivity contribution in [3.05, 3.63) is 0 Å². The van der Waals surface area contributed by atoms with Gasteiger partial charge in [0.05, 0.1) is 0 Å². The van der Waals surface area contributed by atoms with Crippen molar-refractivity contribution in [2.75, 3.05) is 6.54 Å². The Morgan fingerprint density at radius 1 is 0.944 bits per heavy atom. The highest BCUT2D eigenvalue weighted by Gasteiger charge is 2.28. The lowest BCUT2D eigenvalue weighted by Gasteiger charge is -2.36. The first-order chi connectivity index (χ1) is 8.79. The predicted molar refractivity (Wildman–Crippen MR) is 79.8 cm³/mol. The van der Waals surface area contributed by atoms with Crippen molar-refractivity contribution >= 4 is 0 Å². The lowest BCUT2D eigenvalue weighted by molar-refractivity contribution is 0.193. The molecule has 0 aromatic rings. The van der Waals surface area contributed by atoms with Crippen LogP contribution >= 0.6 is 0 Å². The van der Waals surface area contributed by atoms with E-state index in [9.17, 15) is 0 Å². The van der Waals surface area contributed by atoms with Crippen LogP contribution in [0.15, 0.2) is 0 Å². The molecule has 0 aromatic carbocycles. The fourth-order valence-electron chi connectivity index (χ4n) is 4.17. The lowest BCUT2D eigenvalue weighted by Crippen LogP contribution is -2.39. The van der Waals surface area contributed by atoms with Gasteiger partial charge in [-0.2, -0.15) is 0 Å². The van der Waals surface area contributed by atoms with E-state index in [1.54, 1.807) is 0 Å². The zero-order valence-corrected chi connectivity index (χ0v) is 12.6. The summed E-state index contributed by atoms with van der Waals surface area (Å²) in [6, 6.07) is 0.825. The Bertz CT molecular complexity index is 212. The Labute approximate surface area is 114 Å². The molecule has 2 saturated carbocycles. The predicted octanol–water partition coefficient (Wildman–Crippen LogP) is 4.76. The van der Waals surface area contributed by atoms with Crippen molar-refractivity contribution in [1.29, 1.82) is 0 Å². The molecule has 2 rings (SSSR count). The summed E-state index contributed by atoms with van der Waals surface area (Å²) in [5, 5.41) is 3.81. The maximum Gasteiger partial charge on any atom is 0.00978 e. The van der Waals surface area contributed by atoms with Gasteiger partial charge in [0.1, 0.15) is 0 Å². The van der Waals surface area contributed by atoms with Gasteiger partial charge in [-0.25, -0.2) is 0 Å². The molecule has 2 aliphatic carbocycles. The minimum absolute atomic E-state index is 0.825. The molecule has 0 aromatic heterocycles. The van der Waals surface area contributed by atoms with Crippen LogP contribution in [0, 0.1) is 17.8 Å². The van der Waals surface area contributed by atoms with Crippen molar-refractivity contribution in [1.82, 2.24) is 5.32 Å². The molecular formula is C17H33N. The minimum atomic E-state index is 0.825. The molecule has 2 aliphatic rings. The average molecular weight is 251 g/mol. The molecular weight excluding hydrogens is 218 g/mol. The van der Waals surface area contributed by atoms with Gasteiger partial charge in [0.2, 0.25) is 0 Å². The molecule has 0 radical (unpaired) electrons. The van der Waals surface area contributed by atoms with Gasteiger partial charge in [0, 0.05) is 6.04 Å². The Kier molecular flexibility index (Phi) is 6.01. The maximum absolute atomic E-state index is 3.81. The second-order valence-electron chi connectivity index (χ2n) is 6.92. The second kappa shape index (κ2) is 7.53. The van der Waals surface area contributed by atoms with Crippen LogP contribution in [0.3, 0.4) is 0 Å². The van der Waals surface area contributed by atoms with Crippen LogP contribution < -0.4 is 5.32 Å². The van der Waals surface area contributed by atoms with E-state index in [0.717, 1.165) is 30.3 Å². The maximum atomic E-state index is 3.81. The summed E-state index contributed by atoms with van der Waals surface area (Å²) in [4.78, 5) is 0. The molecule has 0 saturated heterocycles. The van der Waals surface area contributed by atoms with Gasteiger partial charge in [-0.15, -0.1) is 0 Å². The molecule has 0 heterocycles. The van der Waals surface area contributed by atoms with E-state index < -0.39 is 0 Å². The zero-order valence-electron chi connectivity index (χ0n) is 12.6. The molecule has 0 bridgehead atoms. The van der Waals surface area contributed by atoms with E-state index in [1.807, 2.05) is 0 Å². The van der Waals surface area contributed by atoms with E-state index in [1.165, 1.54) is 64.2 Å². The molecule has 0 amide bonds. The van der Waals surface area contributed by atoms with Gasteiger partial charge in [-0.3, -0.25) is 0 Å². The van der Waals surface area contributed by atoms with Gasteiger partial charge in [0.25, 0.3) is 0 Å². The average Bonchev–Trinajstić information content (AvgIpc) is 2.40. The van der Waals surface area contributed by atoms with Crippen LogP contribution in [0.4, 0.5) is 0 Å². The quantitative estimate of drug-likeness (QED) is 0.743. The first-order valence-electron chi connectivity index (χ1n) is 8.53. The highest BCUT2D eigenvalue weighted by molar-refractivity contribution is 4.83. The van der Waals surface area contributed by atoms with Gasteiger partial charge < -0.3 is 5.32 Å². The number of hydrogen-bond donors (Lipinski definition) is 1. The van der Waals surface area contributed by atoms with Crippen molar-refractivity contribution in [2.45, 2.75) is 84.1 Å². The Morgan fingerprint density at radius 3 is 2.22 bits per heavy atom. The van der Waals surface area contributed by atoms with E-state index in [2.05, 4.69) is 19.2 Å². The third-order valence-corrected chi connectivity index (χ3v) is 5.41. The fraction of sp³-hybridized carbons (Fsp3) is 1.00. The van der Waals surface area contributed by atoms with Crippen molar-refractivity contribution in [3.8, 4) is 0 Å². The summed E-state index contributed by atoms with van der Waals surface area (Å²) in [6.45, 7) is 5.86. The van der Waals surface area contributed by atoms with Crippen LogP contribution in [0.2, 0.25) is 0 Å². The molecule has 1 nitrogen and oxygen atoms in total. The van der Waals surface area contributed by atoms with E-state index >= 15 is 0 Å². The first-order valence-corrected chi connectivity index (χ1v) is 8.53. The summed E-state index contributed by atoms with van der Waals surface area (Å²) < 4.78 is 0. The highest BCUT2D eigenvalue weighted by atomic mass is 14.9. The van der Waals surface area contributed by atoms with Crippen molar-refractivity contribution in [2.24, 2.45) is 17.8 Å². The standard InChI is InChI=1S/C17H33N/c1-3-18-17(13-15-7-5-4-6-8-15)16-11-9-14(2)10-12-16/h14-18H,3-13H2,1-2H3. The topological polar surface area (TPSA) is 12.0 Å². The Hall–Kier alpha value is -0.0400. The summed E-state index contributed by atoms with van der Waals surface area (Å²) in [7, 11) is 0. The molecule has 18 heavy (non-hydrogen) atoms. The minimum Gasteiger partial charge on any atom is -0.314 e. The molecule has 2 fully saturated rings. The van der Waals surface area contributed by atoms with Crippen LogP contribution in [0.25, 0.3) is 0 Å². The summed E-state index contributed by atoms with van der Waals surface area (Å²) in [5.74, 6) is 2.99. The smallest absolute Gasteiger partial charge is 0.00978 e. The van der Waals surface area contributed by atoms with Gasteiger partial charge in [-0.1, -0.05) is 58.8 Å². The molecule has 106 valence electrons. The zero-order chi connectivity index (χ0) is 12.8. The van der Waals surface area contributed by atoms with Crippen LogP contribution in [-0.4, -0.2) is 12.6 Å². The normalized spacial score (nSPS) is 32.3. The SMILES string of the molecule is CCNC(CC1CCCCC1)C1CCC(C)CC1. The highest BCUT2D eigenvalue weighted by Crippen LogP contribution is 2.35. The lowest BCUT2D eigenvalue weighted by atomic mass is 9.75. The molecule has 0 aliphatic heterocycles. The fourth-order valence-corrected chi connectivity index (χ4v) is 4.17. The molecule has 1 N–H and O–H groups in total. The summed E-state index contributed by atoms with van der Waals surface area (Å²) in [5.41, 5.74) is 0. The summed E-state index contributed by atoms with van der Waals surface area (Å²) >= 11 is 0. The molecule has 1 unspecified atom stereocenters. The van der Waals surface area contributed by atoms with Crippen molar-refractivity contribution in [3.63, 3.8) is 0 Å². The van der Waals surface area contributed by atoms with E-state index in [-0.39, 0.29) is 0 Å². The first kappa shape index (κ1) is 14.4. The van der Waals surface area contributed by atoms with Crippen LogP contribution in [-0.2, 0) is 0 Å². The monoisotopic (exact) mass is 251 g/mol. The van der Waals surface area contributed by atoms with Gasteiger partial charge in [0.15, 0.2) is 0 Å². The van der Waals surface area contributed by atoms with Crippen LogP contribution in [0.1, 0.15) is 78.1 Å². The Balaban J connectivity index is 1.82. The number of rotatable bonds is 5. The largest absolute Gasteiger partial charge is 0.314 e. The Morgan fingerprint density at radius 2 is 1.61 bits per heavy atom. The van der Waals surface area contributed by atoms with E-state index in [4.69, 9.17) is 0 Å². The molecule has 1 heteroatoms. The van der Waals surface area contributed by atoms with Gasteiger partial charge in [-0.05, 0) is 43.6 Å². The van der Waals surface area contributed by atoms with E-state index in [0.29, 0.717) is 0 Å². The third kappa shape index (κ3) is 4.26. The second-order valence-corrected chi connectivity index (χ2v) is 6.92. The van der Waals surface area contributed by atoms with Crippen molar-refractivity contribution < 1.29 is 0 Å². The third-order valence-electron chi connectivity index (χ3n) is 5.41. The molecule has 1 atom stereocenters. The summed E-state index contributed by atoms with van der Waals surface area (Å²) in [6.07, 6.45) is 14.8. The van der Waals surface area contributed by atoms with Gasteiger partial charge >= 0.3 is 0 Å². The number of nitrogens with one attached hydrogen (secondary N) is 1. The molecule has 0 spiro atoms. The van der Waals surface area contributed by atoms with Crippen LogP contribution in [0.5, 0.6) is 0 Å².